The van der Waals surface area contributed by atoms with Gasteiger partial charge in [0.15, 0.2) is 0 Å². The van der Waals surface area contributed by atoms with Gasteiger partial charge in [-0.1, -0.05) is 11.6 Å². The van der Waals surface area contributed by atoms with Gasteiger partial charge in [-0.3, -0.25) is 4.79 Å². The summed E-state index contributed by atoms with van der Waals surface area (Å²) in [6, 6.07) is 0. The fraction of sp³-hybridized carbons (Fsp3) is 0.750. The van der Waals surface area contributed by atoms with Crippen LogP contribution in [-0.4, -0.2) is 5.78 Å². The summed E-state index contributed by atoms with van der Waals surface area (Å²) in [4.78, 5) is 11.7. The smallest absolute Gasteiger partial charge is 0.142 e. The minimum atomic E-state index is -0.149. The molecule has 0 bridgehead atoms. The number of hydrogen-bond donors (Lipinski definition) is 0. The Kier molecular flexibility index (Phi) is 2.05. The number of allylic oxidation sites excluding steroid dienone is 2. The van der Waals surface area contributed by atoms with Crippen molar-refractivity contribution in [1.29, 1.82) is 0 Å². The van der Waals surface area contributed by atoms with Gasteiger partial charge < -0.3 is 0 Å². The van der Waals surface area contributed by atoms with Crippen molar-refractivity contribution >= 4 is 5.78 Å². The van der Waals surface area contributed by atoms with Gasteiger partial charge >= 0.3 is 0 Å². The quantitative estimate of drug-likeness (QED) is 0.521. The molecule has 0 aliphatic heterocycles. The van der Waals surface area contributed by atoms with E-state index in [1.165, 1.54) is 24.8 Å². The molecule has 1 atom stereocenters. The van der Waals surface area contributed by atoms with Crippen LogP contribution in [0.4, 0.5) is 0 Å². The zero-order chi connectivity index (χ0) is 9.47. The zero-order valence-corrected chi connectivity index (χ0v) is 8.60. The second-order valence-corrected chi connectivity index (χ2v) is 4.87. The monoisotopic (exact) mass is 178 g/mol. The Bertz CT molecular complexity index is 260. The van der Waals surface area contributed by atoms with Crippen LogP contribution in [0.5, 0.6) is 0 Å². The van der Waals surface area contributed by atoms with Crippen molar-refractivity contribution in [2.24, 2.45) is 11.3 Å². The number of Topliss-reactive ketones (excluding diaryl/α,β-unsaturated/α-hetero) is 1. The summed E-state index contributed by atoms with van der Waals surface area (Å²) in [6.07, 6.45) is 8.04. The minimum absolute atomic E-state index is 0.149. The highest BCUT2D eigenvalue weighted by Gasteiger charge is 2.40. The summed E-state index contributed by atoms with van der Waals surface area (Å²) >= 11 is 0. The van der Waals surface area contributed by atoms with Crippen LogP contribution in [-0.2, 0) is 4.79 Å². The lowest BCUT2D eigenvalue weighted by Crippen LogP contribution is -2.36. The number of hydrogen-bond acceptors (Lipinski definition) is 1. The van der Waals surface area contributed by atoms with Gasteiger partial charge in [-0.2, -0.15) is 0 Å². The fourth-order valence-corrected chi connectivity index (χ4v) is 2.79. The maximum absolute atomic E-state index is 11.7. The van der Waals surface area contributed by atoms with E-state index in [1.54, 1.807) is 0 Å². The lowest BCUT2D eigenvalue weighted by molar-refractivity contribution is -0.127. The van der Waals surface area contributed by atoms with Crippen LogP contribution in [0.25, 0.3) is 0 Å². The minimum Gasteiger partial charge on any atom is -0.299 e. The second-order valence-electron chi connectivity index (χ2n) is 4.87. The van der Waals surface area contributed by atoms with Crippen molar-refractivity contribution in [2.75, 3.05) is 0 Å². The largest absolute Gasteiger partial charge is 0.299 e. The summed E-state index contributed by atoms with van der Waals surface area (Å²) in [5.74, 6) is 1.17. The van der Waals surface area contributed by atoms with E-state index in [0.717, 1.165) is 18.8 Å². The van der Waals surface area contributed by atoms with E-state index in [4.69, 9.17) is 0 Å². The Balaban J connectivity index is 2.33. The molecule has 72 valence electrons. The first-order valence-electron chi connectivity index (χ1n) is 5.36. The molecule has 13 heavy (non-hydrogen) atoms. The average molecular weight is 178 g/mol. The van der Waals surface area contributed by atoms with Crippen LogP contribution in [0.2, 0.25) is 0 Å². The summed E-state index contributed by atoms with van der Waals surface area (Å²) in [7, 11) is 0. The first-order valence-corrected chi connectivity index (χ1v) is 5.36. The van der Waals surface area contributed by atoms with Crippen LogP contribution in [0.15, 0.2) is 11.6 Å². The second kappa shape index (κ2) is 2.97. The highest BCUT2D eigenvalue weighted by Crippen LogP contribution is 2.45. The number of fused-ring (bicyclic) bond motifs is 1. The van der Waals surface area contributed by atoms with Gasteiger partial charge in [0.25, 0.3) is 0 Å². The van der Waals surface area contributed by atoms with Gasteiger partial charge in [-0.25, -0.2) is 0 Å². The molecule has 0 aromatic heterocycles. The molecule has 0 N–H and O–H groups in total. The third-order valence-corrected chi connectivity index (χ3v) is 3.70. The van der Waals surface area contributed by atoms with E-state index in [-0.39, 0.29) is 5.41 Å². The topological polar surface area (TPSA) is 17.1 Å². The normalized spacial score (nSPS) is 32.3. The van der Waals surface area contributed by atoms with Crippen LogP contribution < -0.4 is 0 Å². The van der Waals surface area contributed by atoms with Gasteiger partial charge in [0.2, 0.25) is 0 Å². The predicted octanol–water partition coefficient (Wildman–Crippen LogP) is 3.10. The van der Waals surface area contributed by atoms with E-state index in [1.807, 2.05) is 0 Å². The molecular formula is C12H18O. The van der Waals surface area contributed by atoms with Crippen molar-refractivity contribution in [3.8, 4) is 0 Å². The zero-order valence-electron chi connectivity index (χ0n) is 8.60. The molecule has 0 spiro atoms. The Hall–Kier alpha value is -0.590. The first-order chi connectivity index (χ1) is 6.12. The van der Waals surface area contributed by atoms with Crippen molar-refractivity contribution in [2.45, 2.75) is 46.0 Å². The summed E-state index contributed by atoms with van der Waals surface area (Å²) in [5.41, 5.74) is 1.29. The average Bonchev–Trinajstić information content (AvgIpc) is 2.13. The molecule has 0 aromatic carbocycles. The van der Waals surface area contributed by atoms with Crippen molar-refractivity contribution in [3.05, 3.63) is 11.6 Å². The number of ketones is 1. The highest BCUT2D eigenvalue weighted by molar-refractivity contribution is 5.88. The summed E-state index contributed by atoms with van der Waals surface area (Å²) in [5, 5.41) is 0. The SMILES string of the molecule is CC1(C)C(=O)CC[C@H]2CCCC=C21. The molecule has 1 fully saturated rings. The molecule has 0 radical (unpaired) electrons. The molecule has 2 aliphatic rings. The van der Waals surface area contributed by atoms with E-state index in [0.29, 0.717) is 5.78 Å². The van der Waals surface area contributed by atoms with Gasteiger partial charge in [-0.05, 0) is 45.4 Å². The molecule has 0 saturated heterocycles. The Morgan fingerprint density at radius 2 is 2.15 bits per heavy atom. The van der Waals surface area contributed by atoms with Gasteiger partial charge in [0.05, 0.1) is 0 Å². The third-order valence-electron chi connectivity index (χ3n) is 3.70. The van der Waals surface area contributed by atoms with E-state index < -0.39 is 0 Å². The maximum atomic E-state index is 11.7. The van der Waals surface area contributed by atoms with Gasteiger partial charge in [-0.15, -0.1) is 0 Å². The van der Waals surface area contributed by atoms with E-state index in [2.05, 4.69) is 19.9 Å². The maximum Gasteiger partial charge on any atom is 0.142 e. The standard InChI is InChI=1S/C12H18O/c1-12(2)10-6-4-3-5-9(10)7-8-11(12)13/h6,9H,3-5,7-8H2,1-2H3/t9-/m1/s1. The van der Waals surface area contributed by atoms with E-state index in [9.17, 15) is 4.79 Å². The van der Waals surface area contributed by atoms with Crippen molar-refractivity contribution < 1.29 is 4.79 Å². The lowest BCUT2D eigenvalue weighted by atomic mass is 9.64. The van der Waals surface area contributed by atoms with E-state index >= 15 is 0 Å². The van der Waals surface area contributed by atoms with Crippen molar-refractivity contribution in [1.82, 2.24) is 0 Å². The molecule has 2 rings (SSSR count). The van der Waals surface area contributed by atoms with Crippen LogP contribution in [0.3, 0.4) is 0 Å². The molecule has 1 nitrogen and oxygen atoms in total. The molecular weight excluding hydrogens is 160 g/mol. The predicted molar refractivity (Wildman–Crippen MR) is 53.4 cm³/mol. The van der Waals surface area contributed by atoms with Crippen LogP contribution >= 0.6 is 0 Å². The van der Waals surface area contributed by atoms with Gasteiger partial charge in [0.1, 0.15) is 5.78 Å². The van der Waals surface area contributed by atoms with Crippen LogP contribution in [0.1, 0.15) is 46.0 Å². The Morgan fingerprint density at radius 1 is 1.38 bits per heavy atom. The Morgan fingerprint density at radius 3 is 2.92 bits per heavy atom. The first kappa shape index (κ1) is 8.98. The molecule has 0 unspecified atom stereocenters. The summed E-state index contributed by atoms with van der Waals surface area (Å²) < 4.78 is 0. The van der Waals surface area contributed by atoms with Gasteiger partial charge in [0, 0.05) is 11.8 Å². The van der Waals surface area contributed by atoms with Crippen LogP contribution in [0, 0.1) is 11.3 Å². The molecule has 1 heteroatoms. The molecule has 0 heterocycles. The number of carbonyl (C=O) groups excluding carboxylic acids is 1. The molecule has 0 amide bonds. The lowest BCUT2D eigenvalue weighted by Gasteiger charge is -2.39. The molecule has 1 saturated carbocycles. The summed E-state index contributed by atoms with van der Waals surface area (Å²) in [6.45, 7) is 4.19. The molecule has 0 aromatic rings. The number of carbonyl (C=O) groups is 1. The highest BCUT2D eigenvalue weighted by atomic mass is 16.1. The molecule has 2 aliphatic carbocycles. The number of rotatable bonds is 0. The van der Waals surface area contributed by atoms with Crippen molar-refractivity contribution in [3.63, 3.8) is 0 Å². The third kappa shape index (κ3) is 1.34. The Labute approximate surface area is 80.2 Å². The fourth-order valence-electron chi connectivity index (χ4n) is 2.79.